The molecule has 0 amide bonds. The van der Waals surface area contributed by atoms with Crippen LogP contribution in [-0.2, 0) is 0 Å². The topological polar surface area (TPSA) is 74.2 Å². The van der Waals surface area contributed by atoms with Crippen molar-refractivity contribution in [2.24, 2.45) is 17.8 Å². The third-order valence-corrected chi connectivity index (χ3v) is 8.80. The molecular formula is C35H52N2O4. The Labute approximate surface area is 248 Å². The lowest BCUT2D eigenvalue weighted by molar-refractivity contribution is 0.152. The molecule has 6 nitrogen and oxygen atoms in total. The van der Waals surface area contributed by atoms with E-state index in [1.807, 2.05) is 50.5 Å². The molecule has 0 aliphatic heterocycles. The highest BCUT2D eigenvalue weighted by molar-refractivity contribution is 5.30. The van der Waals surface area contributed by atoms with Gasteiger partial charge in [-0.25, -0.2) is 0 Å². The van der Waals surface area contributed by atoms with Crippen molar-refractivity contribution < 1.29 is 19.7 Å². The maximum absolute atomic E-state index is 10.7. The van der Waals surface area contributed by atoms with Crippen molar-refractivity contribution in [1.82, 2.24) is 10.2 Å². The summed E-state index contributed by atoms with van der Waals surface area (Å²) in [7, 11) is 4.04. The molecule has 0 saturated heterocycles. The van der Waals surface area contributed by atoms with Gasteiger partial charge in [0, 0.05) is 18.2 Å². The number of nitrogens with zero attached hydrogens (tertiary/aromatic N) is 1. The van der Waals surface area contributed by atoms with Gasteiger partial charge in [-0.15, -0.1) is 0 Å². The van der Waals surface area contributed by atoms with Crippen molar-refractivity contribution in [3.63, 3.8) is 0 Å². The lowest BCUT2D eigenvalue weighted by atomic mass is 9.82. The standard InChI is InChI=1S/C35H52N2O4/c1-37(2)20-18-35(39)31-14-8-16-33(23-31)41-26-29-12-6-11-28(21-29)24-36-19-17-34(38)30-13-7-15-32(22-30)40-25-27-9-4-3-5-10-27/h8,14-16,22-23,27-29,34-36,38-39H,3-6,9-12,17-21,24-26H2,1-2H3. The van der Waals surface area contributed by atoms with E-state index < -0.39 is 12.2 Å². The van der Waals surface area contributed by atoms with Gasteiger partial charge in [-0.3, -0.25) is 0 Å². The molecule has 0 heterocycles. The molecule has 2 aromatic rings. The van der Waals surface area contributed by atoms with Crippen LogP contribution in [0.1, 0.15) is 94.0 Å². The molecule has 3 N–H and O–H groups in total. The summed E-state index contributed by atoms with van der Waals surface area (Å²) in [4.78, 5) is 2.09. The maximum atomic E-state index is 10.7. The first-order valence-electron chi connectivity index (χ1n) is 16.0. The zero-order valence-electron chi connectivity index (χ0n) is 25.3. The second kappa shape index (κ2) is 17.0. The molecule has 4 unspecified atom stereocenters. The van der Waals surface area contributed by atoms with Crippen LogP contribution in [0.4, 0.5) is 0 Å². The fraction of sp³-hybridized carbons (Fsp3) is 0.657. The molecule has 0 bridgehead atoms. The summed E-state index contributed by atoms with van der Waals surface area (Å²) < 4.78 is 12.2. The van der Waals surface area contributed by atoms with Gasteiger partial charge in [0.25, 0.3) is 0 Å². The summed E-state index contributed by atoms with van der Waals surface area (Å²) in [5, 5.41) is 24.8. The highest BCUT2D eigenvalue weighted by Gasteiger charge is 2.23. The van der Waals surface area contributed by atoms with E-state index >= 15 is 0 Å². The molecule has 4 atom stereocenters. The van der Waals surface area contributed by atoms with Gasteiger partial charge in [0.1, 0.15) is 11.5 Å². The highest BCUT2D eigenvalue weighted by Crippen LogP contribution is 2.30. The number of aliphatic hydroxyl groups excluding tert-OH is 2. The van der Waals surface area contributed by atoms with Crippen LogP contribution in [-0.4, -0.2) is 62.1 Å². The highest BCUT2D eigenvalue weighted by atomic mass is 16.5. The van der Waals surface area contributed by atoms with Gasteiger partial charge >= 0.3 is 0 Å². The molecule has 6 heteroatoms. The van der Waals surface area contributed by atoms with Gasteiger partial charge in [-0.1, -0.05) is 49.9 Å². The minimum atomic E-state index is -0.568. The number of aliphatic hydroxyl groups is 2. The van der Waals surface area contributed by atoms with Crippen molar-refractivity contribution in [3.05, 3.63) is 59.7 Å². The smallest absolute Gasteiger partial charge is 0.128 e. The second-order valence-corrected chi connectivity index (χ2v) is 12.6. The van der Waals surface area contributed by atoms with Crippen LogP contribution in [0, 0.1) is 29.9 Å². The molecule has 2 aromatic carbocycles. The van der Waals surface area contributed by atoms with Crippen LogP contribution in [0.2, 0.25) is 0 Å². The summed E-state index contributed by atoms with van der Waals surface area (Å²) in [5.41, 5.74) is 1.68. The Balaban J connectivity index is 1.13. The minimum Gasteiger partial charge on any atom is -0.493 e. The number of nitrogens with one attached hydrogen (secondary N) is 1. The molecule has 0 aromatic heterocycles. The quantitative estimate of drug-likeness (QED) is 0.213. The van der Waals surface area contributed by atoms with Crippen molar-refractivity contribution in [2.45, 2.75) is 82.8 Å². The Morgan fingerprint density at radius 3 is 2.46 bits per heavy atom. The Kier molecular flexibility index (Phi) is 13.1. The van der Waals surface area contributed by atoms with E-state index in [2.05, 4.69) is 22.3 Å². The van der Waals surface area contributed by atoms with Gasteiger partial charge in [0.2, 0.25) is 0 Å². The molecule has 0 spiro atoms. The van der Waals surface area contributed by atoms with Crippen molar-refractivity contribution in [3.8, 4) is 11.5 Å². The van der Waals surface area contributed by atoms with E-state index in [-0.39, 0.29) is 0 Å². The molecule has 2 aliphatic carbocycles. The molecule has 226 valence electrons. The van der Waals surface area contributed by atoms with Crippen LogP contribution in [0.5, 0.6) is 11.5 Å². The van der Waals surface area contributed by atoms with Crippen LogP contribution >= 0.6 is 0 Å². The number of hydrogen-bond donors (Lipinski definition) is 3. The summed E-state index contributed by atoms with van der Waals surface area (Å²) in [5.74, 6) is 3.46. The zero-order valence-corrected chi connectivity index (χ0v) is 25.3. The first-order valence-corrected chi connectivity index (χ1v) is 16.0. The summed E-state index contributed by atoms with van der Waals surface area (Å²) in [6.45, 7) is 4.06. The molecular weight excluding hydrogens is 512 g/mol. The van der Waals surface area contributed by atoms with E-state index in [9.17, 15) is 10.2 Å². The lowest BCUT2D eigenvalue weighted by Gasteiger charge is -2.29. The zero-order chi connectivity index (χ0) is 28.9. The van der Waals surface area contributed by atoms with Crippen molar-refractivity contribution in [2.75, 3.05) is 46.9 Å². The van der Waals surface area contributed by atoms with Gasteiger partial charge in [-0.2, -0.15) is 0 Å². The van der Waals surface area contributed by atoms with Crippen LogP contribution < -0.4 is 14.8 Å². The molecule has 0 radical (unpaired) electrons. The summed E-state index contributed by atoms with van der Waals surface area (Å²) in [6.07, 6.45) is 11.6. The van der Waals surface area contributed by atoms with Gasteiger partial charge in [0.05, 0.1) is 25.4 Å². The average Bonchev–Trinajstić information content (AvgIpc) is 3.01. The van der Waals surface area contributed by atoms with Crippen LogP contribution in [0.3, 0.4) is 0 Å². The predicted octanol–water partition coefficient (Wildman–Crippen LogP) is 6.13. The Hall–Kier alpha value is -2.30. The molecule has 41 heavy (non-hydrogen) atoms. The van der Waals surface area contributed by atoms with Gasteiger partial charge in [0.15, 0.2) is 0 Å². The van der Waals surface area contributed by atoms with Crippen molar-refractivity contribution in [1.29, 1.82) is 0 Å². The number of rotatable bonds is 16. The molecule has 2 fully saturated rings. The normalized spacial score (nSPS) is 21.3. The van der Waals surface area contributed by atoms with E-state index in [0.29, 0.717) is 30.6 Å². The fourth-order valence-electron chi connectivity index (χ4n) is 6.26. The van der Waals surface area contributed by atoms with E-state index in [0.717, 1.165) is 61.9 Å². The fourth-order valence-corrected chi connectivity index (χ4v) is 6.26. The number of hydrogen-bond acceptors (Lipinski definition) is 6. The third kappa shape index (κ3) is 11.1. The van der Waals surface area contributed by atoms with E-state index in [1.165, 1.54) is 51.4 Å². The average molecular weight is 565 g/mol. The first kappa shape index (κ1) is 31.6. The molecule has 2 saturated carbocycles. The summed E-state index contributed by atoms with van der Waals surface area (Å²) in [6, 6.07) is 17.8. The lowest BCUT2D eigenvalue weighted by Crippen LogP contribution is -2.30. The number of benzene rings is 1. The van der Waals surface area contributed by atoms with E-state index in [4.69, 9.17) is 9.47 Å². The molecule has 2 aliphatic rings. The van der Waals surface area contributed by atoms with Gasteiger partial charge in [-0.05, 0) is 114 Å². The predicted molar refractivity (Wildman–Crippen MR) is 164 cm³/mol. The Morgan fingerprint density at radius 2 is 1.63 bits per heavy atom. The minimum absolute atomic E-state index is 0.468. The van der Waals surface area contributed by atoms with Crippen molar-refractivity contribution >= 4 is 0 Å². The maximum Gasteiger partial charge on any atom is 0.128 e. The largest absolute Gasteiger partial charge is 0.493 e. The van der Waals surface area contributed by atoms with Crippen LogP contribution in [0.15, 0.2) is 36.4 Å². The van der Waals surface area contributed by atoms with Gasteiger partial charge < -0.3 is 29.9 Å². The Morgan fingerprint density at radius 1 is 0.878 bits per heavy atom. The first-order chi connectivity index (χ1) is 20.0. The Bertz CT molecular complexity index is 1010. The molecule has 4 rings (SSSR count). The van der Waals surface area contributed by atoms with E-state index in [1.54, 1.807) is 0 Å². The van der Waals surface area contributed by atoms with Crippen LogP contribution in [0.25, 0.3) is 0 Å². The summed E-state index contributed by atoms with van der Waals surface area (Å²) >= 11 is 0. The second-order valence-electron chi connectivity index (χ2n) is 12.6. The number of ether oxygens (including phenoxy) is 2. The monoisotopic (exact) mass is 564 g/mol. The third-order valence-electron chi connectivity index (χ3n) is 8.80. The SMILES string of the molecule is CN(C)CCC(O)c1cccc(OCC2CCCC(CNCCC(O)c3c#ccc(OCC4CCCCC4)c3)C2)c1.